The fourth-order valence-electron chi connectivity index (χ4n) is 3.20. The van der Waals surface area contributed by atoms with E-state index in [1.165, 1.54) is 0 Å². The Balaban J connectivity index is 2.31. The zero-order chi connectivity index (χ0) is 18.0. The van der Waals surface area contributed by atoms with E-state index in [0.717, 1.165) is 29.7 Å². The number of hydrogen-bond donors (Lipinski definition) is 2. The molecule has 0 spiro atoms. The highest BCUT2D eigenvalue weighted by Crippen LogP contribution is 2.48. The summed E-state index contributed by atoms with van der Waals surface area (Å²) >= 11 is 0. The van der Waals surface area contributed by atoms with Gasteiger partial charge in [-0.05, 0) is 18.6 Å². The first kappa shape index (κ1) is 16.7. The lowest BCUT2D eigenvalue weighted by atomic mass is 9.82. The van der Waals surface area contributed by atoms with Crippen LogP contribution in [-0.4, -0.2) is 24.4 Å². The SMILES string of the molecule is CCCc1[nH]nc2c1[C@H](c1c(OC)cccc1OC)C(C#N)=C(N)O2. The monoisotopic (exact) mass is 340 g/mol. The number of aromatic amines is 1. The molecule has 3 rings (SSSR count). The van der Waals surface area contributed by atoms with Crippen molar-refractivity contribution in [2.24, 2.45) is 5.73 Å². The van der Waals surface area contributed by atoms with E-state index in [1.807, 2.05) is 18.2 Å². The molecule has 0 bridgehead atoms. The second kappa shape index (κ2) is 6.77. The van der Waals surface area contributed by atoms with Gasteiger partial charge in [-0.3, -0.25) is 5.10 Å². The molecule has 3 N–H and O–H groups in total. The van der Waals surface area contributed by atoms with Crippen LogP contribution >= 0.6 is 0 Å². The van der Waals surface area contributed by atoms with Gasteiger partial charge in [0.2, 0.25) is 11.8 Å². The Morgan fingerprint density at radius 1 is 1.28 bits per heavy atom. The molecule has 0 fully saturated rings. The zero-order valence-electron chi connectivity index (χ0n) is 14.4. The lowest BCUT2D eigenvalue weighted by Crippen LogP contribution is -2.22. The van der Waals surface area contributed by atoms with Gasteiger partial charge >= 0.3 is 0 Å². The fraction of sp³-hybridized carbons (Fsp3) is 0.333. The average molecular weight is 340 g/mol. The number of rotatable bonds is 5. The standard InChI is InChI=1S/C18H20N4O3/c1-4-6-11-15-14(10(9-19)17(20)25-18(15)22-21-11)16-12(23-2)7-5-8-13(16)24-3/h5,7-8,14H,4,6,20H2,1-3H3,(H,21,22)/t14-/m1/s1. The van der Waals surface area contributed by atoms with Crippen LogP contribution in [0.5, 0.6) is 17.4 Å². The highest BCUT2D eigenvalue weighted by Gasteiger charge is 2.38. The van der Waals surface area contributed by atoms with Crippen molar-refractivity contribution in [3.63, 3.8) is 0 Å². The summed E-state index contributed by atoms with van der Waals surface area (Å²) in [6.07, 6.45) is 1.70. The molecule has 0 amide bonds. The van der Waals surface area contributed by atoms with Crippen LogP contribution in [0.15, 0.2) is 29.7 Å². The Morgan fingerprint density at radius 3 is 2.52 bits per heavy atom. The quantitative estimate of drug-likeness (QED) is 0.866. The number of hydrogen-bond acceptors (Lipinski definition) is 6. The van der Waals surface area contributed by atoms with Gasteiger partial charge in [-0.25, -0.2) is 0 Å². The summed E-state index contributed by atoms with van der Waals surface area (Å²) in [5, 5.41) is 17.0. The summed E-state index contributed by atoms with van der Waals surface area (Å²) in [6.45, 7) is 2.07. The van der Waals surface area contributed by atoms with E-state index < -0.39 is 5.92 Å². The van der Waals surface area contributed by atoms with Crippen molar-refractivity contribution >= 4 is 0 Å². The van der Waals surface area contributed by atoms with Gasteiger partial charge in [-0.1, -0.05) is 19.4 Å². The topological polar surface area (TPSA) is 106 Å². The summed E-state index contributed by atoms with van der Waals surface area (Å²) < 4.78 is 16.6. The van der Waals surface area contributed by atoms with E-state index in [2.05, 4.69) is 23.2 Å². The average Bonchev–Trinajstić information content (AvgIpc) is 3.02. The summed E-state index contributed by atoms with van der Waals surface area (Å²) in [6, 6.07) is 7.68. The smallest absolute Gasteiger partial charge is 0.244 e. The number of allylic oxidation sites excluding steroid dienone is 1. The normalized spacial score (nSPS) is 16.0. The summed E-state index contributed by atoms with van der Waals surface area (Å²) in [7, 11) is 3.17. The van der Waals surface area contributed by atoms with Gasteiger partial charge in [0.15, 0.2) is 0 Å². The Hall–Kier alpha value is -3.14. The molecule has 0 aliphatic carbocycles. The minimum Gasteiger partial charge on any atom is -0.496 e. The van der Waals surface area contributed by atoms with Crippen LogP contribution in [0.4, 0.5) is 0 Å². The van der Waals surface area contributed by atoms with E-state index >= 15 is 0 Å². The molecule has 2 aromatic rings. The van der Waals surface area contributed by atoms with Crippen molar-refractivity contribution in [3.05, 3.63) is 46.5 Å². The molecule has 1 atom stereocenters. The molecule has 130 valence electrons. The third-order valence-electron chi connectivity index (χ3n) is 4.27. The summed E-state index contributed by atoms with van der Waals surface area (Å²) in [5.74, 6) is 1.18. The van der Waals surface area contributed by atoms with Gasteiger partial charge in [-0.2, -0.15) is 5.26 Å². The Morgan fingerprint density at radius 2 is 1.96 bits per heavy atom. The lowest BCUT2D eigenvalue weighted by molar-refractivity contribution is 0.365. The maximum absolute atomic E-state index is 9.72. The van der Waals surface area contributed by atoms with E-state index in [9.17, 15) is 5.26 Å². The number of aromatic nitrogens is 2. The molecular formula is C18H20N4O3. The number of H-pyrrole nitrogens is 1. The molecule has 2 heterocycles. The Bertz CT molecular complexity index is 841. The first-order chi connectivity index (χ1) is 12.2. The van der Waals surface area contributed by atoms with Gasteiger partial charge in [0, 0.05) is 11.3 Å². The van der Waals surface area contributed by atoms with Crippen molar-refractivity contribution in [1.29, 1.82) is 5.26 Å². The van der Waals surface area contributed by atoms with E-state index in [4.69, 9.17) is 19.9 Å². The number of nitrogens with zero attached hydrogens (tertiary/aromatic N) is 2. The molecule has 0 unspecified atom stereocenters. The largest absolute Gasteiger partial charge is 0.496 e. The Labute approximate surface area is 146 Å². The lowest BCUT2D eigenvalue weighted by Gasteiger charge is -2.26. The Kier molecular flexibility index (Phi) is 4.52. The number of methoxy groups -OCH3 is 2. The number of ether oxygens (including phenoxy) is 3. The summed E-state index contributed by atoms with van der Waals surface area (Å²) in [4.78, 5) is 0. The van der Waals surface area contributed by atoms with E-state index in [1.54, 1.807) is 14.2 Å². The third-order valence-corrected chi connectivity index (χ3v) is 4.27. The number of fused-ring (bicyclic) bond motifs is 1. The highest BCUT2D eigenvalue weighted by molar-refractivity contribution is 5.62. The molecule has 1 aromatic heterocycles. The first-order valence-corrected chi connectivity index (χ1v) is 8.01. The van der Waals surface area contributed by atoms with Gasteiger partial charge < -0.3 is 19.9 Å². The predicted molar refractivity (Wildman–Crippen MR) is 91.4 cm³/mol. The second-order valence-electron chi connectivity index (χ2n) is 5.67. The maximum Gasteiger partial charge on any atom is 0.244 e. The highest BCUT2D eigenvalue weighted by atomic mass is 16.5. The van der Waals surface area contributed by atoms with E-state index in [-0.39, 0.29) is 5.88 Å². The zero-order valence-corrected chi connectivity index (χ0v) is 14.4. The predicted octanol–water partition coefficient (Wildman–Crippen LogP) is 2.60. The van der Waals surface area contributed by atoms with Crippen LogP contribution in [0.1, 0.15) is 36.1 Å². The van der Waals surface area contributed by atoms with Crippen molar-refractivity contribution in [2.45, 2.75) is 25.7 Å². The molecule has 0 radical (unpaired) electrons. The van der Waals surface area contributed by atoms with Crippen LogP contribution in [0, 0.1) is 11.3 Å². The molecule has 1 aliphatic heterocycles. The first-order valence-electron chi connectivity index (χ1n) is 8.01. The van der Waals surface area contributed by atoms with Gasteiger partial charge in [0.25, 0.3) is 0 Å². The van der Waals surface area contributed by atoms with Crippen molar-refractivity contribution < 1.29 is 14.2 Å². The maximum atomic E-state index is 9.72. The van der Waals surface area contributed by atoms with E-state index in [0.29, 0.717) is 23.0 Å². The van der Waals surface area contributed by atoms with Crippen LogP contribution < -0.4 is 19.9 Å². The molecule has 25 heavy (non-hydrogen) atoms. The molecule has 0 saturated heterocycles. The molecule has 7 heteroatoms. The van der Waals surface area contributed by atoms with Crippen molar-refractivity contribution in [2.75, 3.05) is 14.2 Å². The van der Waals surface area contributed by atoms with Crippen molar-refractivity contribution in [3.8, 4) is 23.4 Å². The van der Waals surface area contributed by atoms with Crippen LogP contribution in [-0.2, 0) is 6.42 Å². The minimum atomic E-state index is -0.472. The number of aryl methyl sites for hydroxylation is 1. The molecule has 7 nitrogen and oxygen atoms in total. The van der Waals surface area contributed by atoms with Crippen LogP contribution in [0.2, 0.25) is 0 Å². The van der Waals surface area contributed by atoms with Crippen LogP contribution in [0.3, 0.4) is 0 Å². The number of nitrogens with one attached hydrogen (secondary N) is 1. The number of nitriles is 1. The molecule has 0 saturated carbocycles. The molecule has 1 aromatic carbocycles. The molecular weight excluding hydrogens is 320 g/mol. The number of benzene rings is 1. The number of nitrogens with two attached hydrogens (primary N) is 1. The van der Waals surface area contributed by atoms with Crippen LogP contribution in [0.25, 0.3) is 0 Å². The van der Waals surface area contributed by atoms with Crippen molar-refractivity contribution in [1.82, 2.24) is 10.2 Å². The third kappa shape index (κ3) is 2.66. The second-order valence-corrected chi connectivity index (χ2v) is 5.67. The summed E-state index contributed by atoms with van der Waals surface area (Å²) in [5.41, 5.74) is 8.76. The van der Waals surface area contributed by atoms with Gasteiger partial charge in [0.1, 0.15) is 23.1 Å². The minimum absolute atomic E-state index is 0.0440. The fourth-order valence-corrected chi connectivity index (χ4v) is 3.20. The molecule has 1 aliphatic rings. The van der Waals surface area contributed by atoms with Gasteiger partial charge in [0.05, 0.1) is 25.7 Å². The van der Waals surface area contributed by atoms with Gasteiger partial charge in [-0.15, -0.1) is 5.10 Å².